The van der Waals surface area contributed by atoms with Crippen LogP contribution >= 0.6 is 45.2 Å². The van der Waals surface area contributed by atoms with Crippen molar-refractivity contribution in [2.75, 3.05) is 8.86 Å². The first-order valence-electron chi connectivity index (χ1n) is 4.17. The highest BCUT2D eigenvalue weighted by molar-refractivity contribution is 14.1. The van der Waals surface area contributed by atoms with Gasteiger partial charge in [0.25, 0.3) is 0 Å². The number of hydrogen-bond donors (Lipinski definition) is 0. The Balaban J connectivity index is 2.15. The van der Waals surface area contributed by atoms with Crippen LogP contribution in [0.25, 0.3) is 0 Å². The Morgan fingerprint density at radius 2 is 1.45 bits per heavy atom. The van der Waals surface area contributed by atoms with Crippen molar-refractivity contribution in [3.05, 3.63) is 12.2 Å². The molecule has 0 radical (unpaired) electrons. The van der Waals surface area contributed by atoms with Gasteiger partial charge in [0, 0.05) is 8.86 Å². The summed E-state index contributed by atoms with van der Waals surface area (Å²) in [5, 5.41) is 0. The van der Waals surface area contributed by atoms with Gasteiger partial charge < -0.3 is 0 Å². The smallest absolute Gasteiger partial charge is 0.00324 e. The molecule has 2 bridgehead atoms. The molecule has 1 saturated carbocycles. The van der Waals surface area contributed by atoms with E-state index in [4.69, 9.17) is 0 Å². The zero-order valence-electron chi connectivity index (χ0n) is 6.34. The fraction of sp³-hybridized carbons (Fsp3) is 0.778. The van der Waals surface area contributed by atoms with Crippen LogP contribution in [0.5, 0.6) is 0 Å². The van der Waals surface area contributed by atoms with Crippen molar-refractivity contribution in [2.24, 2.45) is 23.7 Å². The third kappa shape index (κ3) is 1.38. The lowest BCUT2D eigenvalue weighted by atomic mass is 9.86. The van der Waals surface area contributed by atoms with E-state index in [0.29, 0.717) is 0 Å². The summed E-state index contributed by atoms with van der Waals surface area (Å²) in [6.45, 7) is 0. The first-order valence-corrected chi connectivity index (χ1v) is 7.22. The van der Waals surface area contributed by atoms with Gasteiger partial charge in [0.1, 0.15) is 0 Å². The number of hydrogen-bond acceptors (Lipinski definition) is 0. The van der Waals surface area contributed by atoms with E-state index in [1.165, 1.54) is 15.3 Å². The fourth-order valence-electron chi connectivity index (χ4n) is 2.48. The van der Waals surface area contributed by atoms with Crippen molar-refractivity contribution in [1.82, 2.24) is 0 Å². The van der Waals surface area contributed by atoms with Gasteiger partial charge in [0.15, 0.2) is 0 Å². The van der Waals surface area contributed by atoms with Crippen molar-refractivity contribution in [3.63, 3.8) is 0 Å². The summed E-state index contributed by atoms with van der Waals surface area (Å²) in [6.07, 6.45) is 6.37. The molecule has 0 aromatic rings. The van der Waals surface area contributed by atoms with E-state index in [9.17, 15) is 0 Å². The van der Waals surface area contributed by atoms with E-state index in [1.54, 1.807) is 0 Å². The molecule has 4 unspecified atom stereocenters. The number of halogens is 2. The summed E-state index contributed by atoms with van der Waals surface area (Å²) in [5.74, 6) is 3.89. The second kappa shape index (κ2) is 3.52. The van der Waals surface area contributed by atoms with Crippen LogP contribution in [-0.4, -0.2) is 8.86 Å². The SMILES string of the molecule is ICC1C2C=CC(C2)C1CI. The van der Waals surface area contributed by atoms with Gasteiger partial charge in [-0.05, 0) is 30.1 Å². The van der Waals surface area contributed by atoms with Crippen LogP contribution in [0.2, 0.25) is 0 Å². The number of alkyl halides is 2. The molecule has 4 atom stereocenters. The van der Waals surface area contributed by atoms with Gasteiger partial charge in [-0.1, -0.05) is 57.3 Å². The molecule has 0 amide bonds. The molecule has 0 N–H and O–H groups in total. The predicted octanol–water partition coefficient (Wildman–Crippen LogP) is 3.29. The van der Waals surface area contributed by atoms with Gasteiger partial charge in [-0.15, -0.1) is 0 Å². The number of allylic oxidation sites excluding steroid dienone is 2. The van der Waals surface area contributed by atoms with Crippen LogP contribution in [0.15, 0.2) is 12.2 Å². The summed E-state index contributed by atoms with van der Waals surface area (Å²) in [6, 6.07) is 0. The molecule has 0 nitrogen and oxygen atoms in total. The zero-order chi connectivity index (χ0) is 7.84. The maximum absolute atomic E-state index is 2.55. The Bertz CT molecular complexity index is 158. The lowest BCUT2D eigenvalue weighted by Crippen LogP contribution is -2.21. The molecule has 0 aromatic carbocycles. The molecule has 62 valence electrons. The average molecular weight is 374 g/mol. The predicted molar refractivity (Wildman–Crippen MR) is 65.5 cm³/mol. The summed E-state index contributed by atoms with van der Waals surface area (Å²) in [4.78, 5) is 0. The van der Waals surface area contributed by atoms with Gasteiger partial charge in [0.05, 0.1) is 0 Å². The highest BCUT2D eigenvalue weighted by Crippen LogP contribution is 2.49. The zero-order valence-corrected chi connectivity index (χ0v) is 10.7. The molecule has 0 aliphatic heterocycles. The van der Waals surface area contributed by atoms with E-state index in [2.05, 4.69) is 57.3 Å². The molecular weight excluding hydrogens is 362 g/mol. The molecular formula is C9H12I2. The second-order valence-electron chi connectivity index (χ2n) is 3.58. The van der Waals surface area contributed by atoms with Crippen LogP contribution < -0.4 is 0 Å². The molecule has 2 aliphatic rings. The topological polar surface area (TPSA) is 0 Å². The van der Waals surface area contributed by atoms with E-state index in [-0.39, 0.29) is 0 Å². The lowest BCUT2D eigenvalue weighted by Gasteiger charge is -2.24. The van der Waals surface area contributed by atoms with Crippen molar-refractivity contribution < 1.29 is 0 Å². The largest absolute Gasteiger partial charge is 0.0860 e. The fourth-order valence-corrected chi connectivity index (χ4v) is 5.10. The summed E-state index contributed by atoms with van der Waals surface area (Å²) >= 11 is 5.10. The standard InChI is InChI=1S/C9H12I2/c10-4-8-6-1-2-7(3-6)9(8)5-11/h1-2,6-9H,3-5H2. The second-order valence-corrected chi connectivity index (χ2v) is 5.35. The molecule has 0 aromatic heterocycles. The van der Waals surface area contributed by atoms with Crippen LogP contribution in [-0.2, 0) is 0 Å². The third-order valence-corrected chi connectivity index (χ3v) is 5.19. The summed E-state index contributed by atoms with van der Waals surface area (Å²) in [5.41, 5.74) is 0. The van der Waals surface area contributed by atoms with Crippen molar-refractivity contribution in [2.45, 2.75) is 6.42 Å². The van der Waals surface area contributed by atoms with Gasteiger partial charge in [-0.3, -0.25) is 0 Å². The van der Waals surface area contributed by atoms with Crippen molar-refractivity contribution in [1.29, 1.82) is 0 Å². The first-order chi connectivity index (χ1) is 5.36. The Morgan fingerprint density at radius 1 is 1.00 bits per heavy atom. The Kier molecular flexibility index (Phi) is 2.81. The first kappa shape index (κ1) is 8.78. The highest BCUT2D eigenvalue weighted by atomic mass is 127. The summed E-state index contributed by atoms with van der Waals surface area (Å²) in [7, 11) is 0. The Labute approximate surface area is 95.5 Å². The van der Waals surface area contributed by atoms with E-state index >= 15 is 0 Å². The van der Waals surface area contributed by atoms with Gasteiger partial charge in [-0.25, -0.2) is 0 Å². The Morgan fingerprint density at radius 3 is 1.82 bits per heavy atom. The van der Waals surface area contributed by atoms with Gasteiger partial charge >= 0.3 is 0 Å². The van der Waals surface area contributed by atoms with Gasteiger partial charge in [0.2, 0.25) is 0 Å². The van der Waals surface area contributed by atoms with Crippen LogP contribution in [0.3, 0.4) is 0 Å². The van der Waals surface area contributed by atoms with E-state index in [0.717, 1.165) is 23.7 Å². The maximum Gasteiger partial charge on any atom is 0.00324 e. The maximum atomic E-state index is 2.55. The van der Waals surface area contributed by atoms with Crippen LogP contribution in [0.4, 0.5) is 0 Å². The molecule has 0 heterocycles. The molecule has 2 rings (SSSR count). The van der Waals surface area contributed by atoms with Gasteiger partial charge in [-0.2, -0.15) is 0 Å². The minimum absolute atomic E-state index is 0.941. The minimum atomic E-state index is 0.941. The molecule has 0 saturated heterocycles. The molecule has 2 aliphatic carbocycles. The summed E-state index contributed by atoms with van der Waals surface area (Å²) < 4.78 is 2.72. The van der Waals surface area contributed by atoms with E-state index in [1.807, 2.05) is 0 Å². The monoisotopic (exact) mass is 374 g/mol. The lowest BCUT2D eigenvalue weighted by molar-refractivity contribution is 0.386. The number of fused-ring (bicyclic) bond motifs is 2. The third-order valence-electron chi connectivity index (χ3n) is 3.16. The average Bonchev–Trinajstić information content (AvgIpc) is 2.60. The normalized spacial score (nSPS) is 47.1. The highest BCUT2D eigenvalue weighted by Gasteiger charge is 2.42. The van der Waals surface area contributed by atoms with E-state index < -0.39 is 0 Å². The molecule has 2 heteroatoms. The molecule has 0 spiro atoms. The van der Waals surface area contributed by atoms with Crippen molar-refractivity contribution in [3.8, 4) is 0 Å². The molecule has 1 fully saturated rings. The van der Waals surface area contributed by atoms with Crippen molar-refractivity contribution >= 4 is 45.2 Å². The molecule has 11 heavy (non-hydrogen) atoms. The number of rotatable bonds is 2. The minimum Gasteiger partial charge on any atom is -0.0860 e. The Hall–Kier alpha value is 1.20. The van der Waals surface area contributed by atoms with Crippen LogP contribution in [0.1, 0.15) is 6.42 Å². The van der Waals surface area contributed by atoms with Crippen LogP contribution in [0, 0.1) is 23.7 Å². The quantitative estimate of drug-likeness (QED) is 0.396.